The van der Waals surface area contributed by atoms with Gasteiger partial charge in [-0.1, -0.05) is 32.8 Å². The van der Waals surface area contributed by atoms with Gasteiger partial charge in [-0.25, -0.2) is 4.98 Å². The summed E-state index contributed by atoms with van der Waals surface area (Å²) in [6, 6.07) is 0.252. The minimum absolute atomic E-state index is 0.144. The third-order valence-electron chi connectivity index (χ3n) is 4.87. The zero-order valence-electron chi connectivity index (χ0n) is 16.7. The van der Waals surface area contributed by atoms with Gasteiger partial charge in [0.05, 0.1) is 35.9 Å². The highest BCUT2D eigenvalue weighted by Gasteiger charge is 2.17. The predicted molar refractivity (Wildman–Crippen MR) is 105 cm³/mol. The van der Waals surface area contributed by atoms with Crippen LogP contribution in [-0.2, 0) is 4.74 Å². The molecule has 0 saturated heterocycles. The van der Waals surface area contributed by atoms with Gasteiger partial charge in [-0.15, -0.1) is 0 Å². The van der Waals surface area contributed by atoms with Crippen LogP contribution >= 0.6 is 0 Å². The van der Waals surface area contributed by atoms with Crippen LogP contribution in [-0.4, -0.2) is 34.9 Å². The van der Waals surface area contributed by atoms with Gasteiger partial charge in [-0.2, -0.15) is 0 Å². The molecule has 1 unspecified atom stereocenters. The van der Waals surface area contributed by atoms with E-state index in [-0.39, 0.29) is 11.5 Å². The van der Waals surface area contributed by atoms with Crippen molar-refractivity contribution in [2.75, 3.05) is 13.2 Å². The molecule has 0 bridgehead atoms. The van der Waals surface area contributed by atoms with Gasteiger partial charge in [0.25, 0.3) is 0 Å². The van der Waals surface area contributed by atoms with Crippen molar-refractivity contribution in [1.29, 1.82) is 0 Å². The second kappa shape index (κ2) is 8.70. The topological polar surface area (TPSA) is 47.4 Å². The van der Waals surface area contributed by atoms with Crippen molar-refractivity contribution in [2.45, 2.75) is 73.3 Å². The standard InChI is InChI=1S/C21H33N3O/c1-7-25-14-17-10-8-9-11-18(24-17)20-13-22-19(16(3)23-20)12-15(2)21(4,5)6/h12-13,17H,7-11,14H2,1-6H3/b15-12+. The summed E-state index contributed by atoms with van der Waals surface area (Å²) in [4.78, 5) is 14.4. The third-order valence-corrected chi connectivity index (χ3v) is 4.87. The van der Waals surface area contributed by atoms with Crippen molar-refractivity contribution >= 4 is 11.8 Å². The van der Waals surface area contributed by atoms with Crippen molar-refractivity contribution in [3.63, 3.8) is 0 Å². The Labute approximate surface area is 152 Å². The third kappa shape index (κ3) is 5.74. The number of aromatic nitrogens is 2. The molecule has 2 rings (SSSR count). The maximum atomic E-state index is 5.58. The fourth-order valence-corrected chi connectivity index (χ4v) is 2.78. The number of aliphatic imine (C=N–C) groups is 1. The molecule has 1 aromatic heterocycles. The monoisotopic (exact) mass is 343 g/mol. The first-order chi connectivity index (χ1) is 11.8. The highest BCUT2D eigenvalue weighted by atomic mass is 16.5. The maximum absolute atomic E-state index is 5.58. The normalized spacial score (nSPS) is 19.5. The molecule has 0 saturated carbocycles. The lowest BCUT2D eigenvalue weighted by Gasteiger charge is -2.19. The van der Waals surface area contributed by atoms with E-state index in [1.807, 2.05) is 20.0 Å². The Hall–Kier alpha value is -1.55. The van der Waals surface area contributed by atoms with E-state index in [1.165, 1.54) is 12.0 Å². The molecule has 0 N–H and O–H groups in total. The molecule has 1 atom stereocenters. The van der Waals surface area contributed by atoms with E-state index < -0.39 is 0 Å². The molecule has 138 valence electrons. The molecule has 0 aliphatic carbocycles. The zero-order chi connectivity index (χ0) is 18.4. The van der Waals surface area contributed by atoms with Crippen LogP contribution in [0.3, 0.4) is 0 Å². The fraction of sp³-hybridized carbons (Fsp3) is 0.667. The fourth-order valence-electron chi connectivity index (χ4n) is 2.78. The summed E-state index contributed by atoms with van der Waals surface area (Å²) in [5, 5.41) is 0. The molecule has 25 heavy (non-hydrogen) atoms. The van der Waals surface area contributed by atoms with E-state index in [9.17, 15) is 0 Å². The number of allylic oxidation sites excluding steroid dienone is 1. The van der Waals surface area contributed by atoms with Crippen LogP contribution in [0.4, 0.5) is 0 Å². The number of rotatable bonds is 5. The smallest absolute Gasteiger partial charge is 0.103 e. The lowest BCUT2D eigenvalue weighted by Crippen LogP contribution is -2.15. The summed E-state index contributed by atoms with van der Waals surface area (Å²) in [6.07, 6.45) is 8.47. The second-order valence-corrected chi connectivity index (χ2v) is 7.94. The SMILES string of the molecule is CCOCC1CCCCC(c2cnc(/C=C(\C)C(C)(C)C)c(C)n2)=N1. The molecule has 2 heterocycles. The van der Waals surface area contributed by atoms with Crippen molar-refractivity contribution < 1.29 is 4.74 Å². The number of aryl methyl sites for hydroxylation is 1. The molecule has 0 radical (unpaired) electrons. The summed E-state index contributed by atoms with van der Waals surface area (Å²) < 4.78 is 5.58. The van der Waals surface area contributed by atoms with E-state index in [2.05, 4.69) is 38.8 Å². The first-order valence-electron chi connectivity index (χ1n) is 9.48. The Bertz CT molecular complexity index is 641. The Kier molecular flexibility index (Phi) is 6.88. The van der Waals surface area contributed by atoms with E-state index >= 15 is 0 Å². The minimum Gasteiger partial charge on any atom is -0.380 e. The van der Waals surface area contributed by atoms with Gasteiger partial charge >= 0.3 is 0 Å². The molecule has 0 amide bonds. The van der Waals surface area contributed by atoms with Crippen molar-refractivity contribution in [2.24, 2.45) is 10.4 Å². The minimum atomic E-state index is 0.144. The Morgan fingerprint density at radius 1 is 1.32 bits per heavy atom. The number of ether oxygens (including phenoxy) is 1. The van der Waals surface area contributed by atoms with Crippen LogP contribution in [0.5, 0.6) is 0 Å². The highest BCUT2D eigenvalue weighted by molar-refractivity contribution is 5.99. The van der Waals surface area contributed by atoms with E-state index in [0.29, 0.717) is 6.61 Å². The molecule has 4 nitrogen and oxygen atoms in total. The lowest BCUT2D eigenvalue weighted by atomic mass is 9.87. The number of nitrogens with zero attached hydrogens (tertiary/aromatic N) is 3. The van der Waals surface area contributed by atoms with Crippen LogP contribution in [0.25, 0.3) is 6.08 Å². The summed E-state index contributed by atoms with van der Waals surface area (Å²) in [7, 11) is 0. The predicted octanol–water partition coefficient (Wildman–Crippen LogP) is 5.00. The van der Waals surface area contributed by atoms with Gasteiger partial charge < -0.3 is 4.74 Å². The second-order valence-electron chi connectivity index (χ2n) is 7.94. The van der Waals surface area contributed by atoms with E-state index in [4.69, 9.17) is 14.7 Å². The van der Waals surface area contributed by atoms with Crippen LogP contribution in [0.15, 0.2) is 16.8 Å². The average Bonchev–Trinajstić information content (AvgIpc) is 2.79. The molecule has 1 aromatic rings. The van der Waals surface area contributed by atoms with Crippen molar-refractivity contribution in [3.05, 3.63) is 28.9 Å². The molecular weight excluding hydrogens is 310 g/mol. The molecule has 1 aliphatic rings. The zero-order valence-corrected chi connectivity index (χ0v) is 16.7. The molecule has 4 heteroatoms. The van der Waals surface area contributed by atoms with Gasteiger partial charge in [-0.05, 0) is 51.5 Å². The van der Waals surface area contributed by atoms with Crippen molar-refractivity contribution in [3.8, 4) is 0 Å². The molecule has 1 aliphatic heterocycles. The largest absolute Gasteiger partial charge is 0.380 e. The van der Waals surface area contributed by atoms with Crippen LogP contribution < -0.4 is 0 Å². The van der Waals surface area contributed by atoms with Crippen LogP contribution in [0.1, 0.15) is 77.4 Å². The summed E-state index contributed by atoms with van der Waals surface area (Å²) >= 11 is 0. The van der Waals surface area contributed by atoms with Gasteiger partial charge in [0.15, 0.2) is 0 Å². The molecule has 0 spiro atoms. The quantitative estimate of drug-likeness (QED) is 0.755. The van der Waals surface area contributed by atoms with Crippen LogP contribution in [0.2, 0.25) is 0 Å². The van der Waals surface area contributed by atoms with Gasteiger partial charge in [0, 0.05) is 6.61 Å². The summed E-state index contributed by atoms with van der Waals surface area (Å²) in [5.74, 6) is 0. The van der Waals surface area contributed by atoms with Crippen LogP contribution in [0, 0.1) is 12.3 Å². The Balaban J connectivity index is 2.25. The summed E-state index contributed by atoms with van der Waals surface area (Å²) in [6.45, 7) is 14.3. The molecule has 0 aromatic carbocycles. The average molecular weight is 344 g/mol. The number of hydrogen-bond acceptors (Lipinski definition) is 4. The van der Waals surface area contributed by atoms with E-state index in [0.717, 1.165) is 48.7 Å². The Morgan fingerprint density at radius 3 is 2.72 bits per heavy atom. The van der Waals surface area contributed by atoms with Gasteiger partial charge in [0.2, 0.25) is 0 Å². The first-order valence-corrected chi connectivity index (χ1v) is 9.48. The highest BCUT2D eigenvalue weighted by Crippen LogP contribution is 2.26. The lowest BCUT2D eigenvalue weighted by molar-refractivity contribution is 0.131. The van der Waals surface area contributed by atoms with E-state index in [1.54, 1.807) is 0 Å². The number of hydrogen-bond donors (Lipinski definition) is 0. The first kappa shape index (κ1) is 19.8. The van der Waals surface area contributed by atoms with Gasteiger partial charge in [0.1, 0.15) is 5.69 Å². The van der Waals surface area contributed by atoms with Crippen molar-refractivity contribution in [1.82, 2.24) is 9.97 Å². The molecule has 0 fully saturated rings. The maximum Gasteiger partial charge on any atom is 0.103 e. The summed E-state index contributed by atoms with van der Waals surface area (Å²) in [5.41, 5.74) is 5.38. The molecular formula is C21H33N3O. The Morgan fingerprint density at radius 2 is 2.08 bits per heavy atom. The van der Waals surface area contributed by atoms with Gasteiger partial charge in [-0.3, -0.25) is 9.98 Å².